The monoisotopic (exact) mass is 426 g/mol. The lowest BCUT2D eigenvalue weighted by Crippen LogP contribution is -2.35. The highest BCUT2D eigenvalue weighted by molar-refractivity contribution is 6.07. The summed E-state index contributed by atoms with van der Waals surface area (Å²) in [6.07, 6.45) is 6.17. The van der Waals surface area contributed by atoms with Crippen molar-refractivity contribution in [2.45, 2.75) is 19.7 Å². The number of aromatic amines is 1. The van der Waals surface area contributed by atoms with Crippen molar-refractivity contribution < 1.29 is 9.57 Å². The second kappa shape index (κ2) is 8.48. The Morgan fingerprint density at radius 2 is 1.88 bits per heavy atom. The molecular weight excluding hydrogens is 400 g/mol. The molecule has 0 atom stereocenters. The van der Waals surface area contributed by atoms with Crippen LogP contribution in [0.5, 0.6) is 0 Å². The number of morpholine rings is 1. The lowest BCUT2D eigenvalue weighted by atomic mass is 10.0. The van der Waals surface area contributed by atoms with Gasteiger partial charge in [0.1, 0.15) is 0 Å². The third-order valence-electron chi connectivity index (χ3n) is 6.39. The molecule has 0 unspecified atom stereocenters. The van der Waals surface area contributed by atoms with E-state index in [1.807, 2.05) is 6.20 Å². The van der Waals surface area contributed by atoms with E-state index in [0.29, 0.717) is 13.2 Å². The van der Waals surface area contributed by atoms with Gasteiger partial charge in [-0.15, -0.1) is 0 Å². The molecule has 6 rings (SSSR count). The molecule has 162 valence electrons. The molecule has 0 bridgehead atoms. The van der Waals surface area contributed by atoms with Crippen molar-refractivity contribution in [3.8, 4) is 0 Å². The van der Waals surface area contributed by atoms with Gasteiger partial charge in [0.25, 0.3) is 0 Å². The van der Waals surface area contributed by atoms with Crippen LogP contribution in [0, 0.1) is 0 Å². The molecule has 2 aromatic carbocycles. The summed E-state index contributed by atoms with van der Waals surface area (Å²) in [4.78, 5) is 16.1. The van der Waals surface area contributed by atoms with E-state index in [-0.39, 0.29) is 0 Å². The van der Waals surface area contributed by atoms with Gasteiger partial charge >= 0.3 is 0 Å². The van der Waals surface area contributed by atoms with E-state index in [1.54, 1.807) is 0 Å². The maximum Gasteiger partial charge on any atom is 0.0956 e. The molecule has 1 saturated heterocycles. The Hall–Kier alpha value is -3.03. The minimum Gasteiger partial charge on any atom is -0.379 e. The van der Waals surface area contributed by atoms with Crippen molar-refractivity contribution >= 4 is 33.8 Å². The van der Waals surface area contributed by atoms with Crippen LogP contribution < -0.4 is 5.48 Å². The third-order valence-corrected chi connectivity index (χ3v) is 6.39. The molecule has 6 heteroatoms. The first kappa shape index (κ1) is 19.6. The summed E-state index contributed by atoms with van der Waals surface area (Å²) in [7, 11) is 0. The molecule has 1 fully saturated rings. The summed E-state index contributed by atoms with van der Waals surface area (Å²) in [6.45, 7) is 5.95. The summed E-state index contributed by atoms with van der Waals surface area (Å²) in [6, 6.07) is 15.3. The standard InChI is InChI=1S/C26H26N4O2/c1-3-19(16-30-9-11-31-12-10-30)4-2-18(1)5-7-21-13-23-20(14-27-21)6-8-22-24-17-32-28-15-25(24)29-26(22)23/h1-8,13-14,28-29H,9-12,15-17H2/b7-5+. The van der Waals surface area contributed by atoms with Crippen molar-refractivity contribution in [2.75, 3.05) is 26.3 Å². The minimum atomic E-state index is 0.584. The number of ether oxygens (including phenoxy) is 1. The van der Waals surface area contributed by atoms with E-state index in [9.17, 15) is 0 Å². The number of nitrogens with one attached hydrogen (secondary N) is 2. The Morgan fingerprint density at radius 1 is 1.00 bits per heavy atom. The first-order valence-electron chi connectivity index (χ1n) is 11.2. The molecule has 0 radical (unpaired) electrons. The Bertz CT molecular complexity index is 1290. The minimum absolute atomic E-state index is 0.584. The van der Waals surface area contributed by atoms with Gasteiger partial charge in [0.2, 0.25) is 0 Å². The van der Waals surface area contributed by atoms with E-state index in [2.05, 4.69) is 75.0 Å². The molecule has 2 aromatic heterocycles. The van der Waals surface area contributed by atoms with Gasteiger partial charge < -0.3 is 9.72 Å². The average Bonchev–Trinajstić information content (AvgIpc) is 3.23. The lowest BCUT2D eigenvalue weighted by molar-refractivity contribution is 0.0109. The van der Waals surface area contributed by atoms with Crippen molar-refractivity contribution in [2.24, 2.45) is 0 Å². The molecule has 0 spiro atoms. The van der Waals surface area contributed by atoms with E-state index < -0.39 is 0 Å². The van der Waals surface area contributed by atoms with Gasteiger partial charge in [-0.25, -0.2) is 0 Å². The molecule has 2 aliphatic heterocycles. The zero-order chi connectivity index (χ0) is 21.3. The van der Waals surface area contributed by atoms with Crippen molar-refractivity contribution in [3.05, 3.63) is 76.7 Å². The number of pyridine rings is 1. The number of nitrogens with zero attached hydrogens (tertiary/aromatic N) is 2. The quantitative estimate of drug-likeness (QED) is 0.511. The Morgan fingerprint density at radius 3 is 2.75 bits per heavy atom. The van der Waals surface area contributed by atoms with E-state index in [0.717, 1.165) is 49.4 Å². The van der Waals surface area contributed by atoms with Gasteiger partial charge in [0, 0.05) is 53.2 Å². The van der Waals surface area contributed by atoms with Crippen LogP contribution >= 0.6 is 0 Å². The highest BCUT2D eigenvalue weighted by atomic mass is 16.6. The molecule has 6 nitrogen and oxygen atoms in total. The van der Waals surface area contributed by atoms with Gasteiger partial charge in [-0.05, 0) is 23.3 Å². The molecule has 0 aliphatic carbocycles. The number of fused-ring (bicyclic) bond motifs is 5. The number of hydrogen-bond donors (Lipinski definition) is 2. The van der Waals surface area contributed by atoms with Gasteiger partial charge in [0.15, 0.2) is 0 Å². The second-order valence-corrected chi connectivity index (χ2v) is 8.47. The number of hydrogen-bond acceptors (Lipinski definition) is 5. The first-order chi connectivity index (χ1) is 15.8. The van der Waals surface area contributed by atoms with Gasteiger partial charge in [0.05, 0.1) is 37.6 Å². The van der Waals surface area contributed by atoms with Crippen LogP contribution in [-0.4, -0.2) is 41.2 Å². The highest BCUT2D eigenvalue weighted by Crippen LogP contribution is 2.31. The van der Waals surface area contributed by atoms with Gasteiger partial charge in [-0.3, -0.25) is 14.7 Å². The number of aromatic nitrogens is 2. The molecule has 2 N–H and O–H groups in total. The second-order valence-electron chi connectivity index (χ2n) is 8.47. The largest absolute Gasteiger partial charge is 0.379 e. The van der Waals surface area contributed by atoms with E-state index in [1.165, 1.54) is 33.2 Å². The molecule has 0 saturated carbocycles. The summed E-state index contributed by atoms with van der Waals surface area (Å²) in [5.74, 6) is 0. The zero-order valence-corrected chi connectivity index (χ0v) is 17.9. The summed E-state index contributed by atoms with van der Waals surface area (Å²) in [5.41, 5.74) is 10.0. The molecule has 0 amide bonds. The van der Waals surface area contributed by atoms with Crippen LogP contribution in [0.25, 0.3) is 33.8 Å². The topological polar surface area (TPSA) is 62.4 Å². The normalized spacial score (nSPS) is 17.4. The Balaban J connectivity index is 1.24. The highest BCUT2D eigenvalue weighted by Gasteiger charge is 2.17. The zero-order valence-electron chi connectivity index (χ0n) is 17.9. The number of hydroxylamine groups is 1. The van der Waals surface area contributed by atoms with Crippen molar-refractivity contribution in [1.29, 1.82) is 0 Å². The van der Waals surface area contributed by atoms with Crippen LogP contribution in [-0.2, 0) is 29.3 Å². The van der Waals surface area contributed by atoms with Crippen LogP contribution in [0.2, 0.25) is 0 Å². The molecular formula is C26H26N4O2. The average molecular weight is 427 g/mol. The van der Waals surface area contributed by atoms with Crippen LogP contribution in [0.3, 0.4) is 0 Å². The molecule has 4 heterocycles. The summed E-state index contributed by atoms with van der Waals surface area (Å²) < 4.78 is 5.44. The van der Waals surface area contributed by atoms with Crippen LogP contribution in [0.4, 0.5) is 0 Å². The molecule has 32 heavy (non-hydrogen) atoms. The van der Waals surface area contributed by atoms with Crippen LogP contribution in [0.15, 0.2) is 48.7 Å². The maximum atomic E-state index is 5.44. The summed E-state index contributed by atoms with van der Waals surface area (Å²) in [5, 5.41) is 3.55. The predicted molar refractivity (Wildman–Crippen MR) is 127 cm³/mol. The van der Waals surface area contributed by atoms with E-state index in [4.69, 9.17) is 9.57 Å². The van der Waals surface area contributed by atoms with Crippen molar-refractivity contribution in [1.82, 2.24) is 20.3 Å². The van der Waals surface area contributed by atoms with Gasteiger partial charge in [-0.2, -0.15) is 5.48 Å². The van der Waals surface area contributed by atoms with Crippen molar-refractivity contribution in [3.63, 3.8) is 0 Å². The molecule has 4 aromatic rings. The van der Waals surface area contributed by atoms with E-state index >= 15 is 0 Å². The fourth-order valence-corrected chi connectivity index (χ4v) is 4.59. The Labute approximate surface area is 186 Å². The van der Waals surface area contributed by atoms with Crippen LogP contribution in [0.1, 0.15) is 28.1 Å². The predicted octanol–water partition coefficient (Wildman–Crippen LogP) is 4.25. The first-order valence-corrected chi connectivity index (χ1v) is 11.2. The third kappa shape index (κ3) is 3.82. The lowest BCUT2D eigenvalue weighted by Gasteiger charge is -2.26. The number of rotatable bonds is 4. The number of H-pyrrole nitrogens is 1. The molecule has 2 aliphatic rings. The maximum absolute atomic E-state index is 5.44. The SMILES string of the molecule is C(=C\c1cc2c(ccc3c4c([nH]c32)CNOC4)cn1)/c1ccc(CN2CCOCC2)cc1. The Kier molecular flexibility index (Phi) is 5.21. The smallest absolute Gasteiger partial charge is 0.0956 e. The number of benzene rings is 2. The summed E-state index contributed by atoms with van der Waals surface area (Å²) >= 11 is 0. The fourth-order valence-electron chi connectivity index (χ4n) is 4.59. The van der Waals surface area contributed by atoms with Gasteiger partial charge in [-0.1, -0.05) is 42.5 Å². The fraction of sp³-hybridized carbons (Fsp3) is 0.269.